The van der Waals surface area contributed by atoms with E-state index in [1.807, 2.05) is 18.2 Å². The molecule has 0 spiro atoms. The van der Waals surface area contributed by atoms with Crippen LogP contribution >= 0.6 is 11.8 Å². The summed E-state index contributed by atoms with van der Waals surface area (Å²) in [5, 5.41) is 1.95. The van der Waals surface area contributed by atoms with E-state index in [9.17, 15) is 9.59 Å². The Balaban J connectivity index is 2.03. The van der Waals surface area contributed by atoms with Crippen LogP contribution in [0.4, 0.5) is 10.5 Å². The van der Waals surface area contributed by atoms with Crippen molar-refractivity contribution in [3.05, 3.63) is 28.7 Å². The molecule has 2 heterocycles. The maximum Gasteiger partial charge on any atom is 0.290 e. The Morgan fingerprint density at radius 1 is 1.29 bits per heavy atom. The highest BCUT2D eigenvalue weighted by Crippen LogP contribution is 2.37. The molecule has 0 saturated carbocycles. The molecule has 5 nitrogen and oxygen atoms in total. The van der Waals surface area contributed by atoms with Crippen molar-refractivity contribution >= 4 is 34.7 Å². The zero-order chi connectivity index (χ0) is 14.8. The number of hydrogen-bond acceptors (Lipinski definition) is 5. The lowest BCUT2D eigenvalue weighted by Crippen LogP contribution is -2.20. The van der Waals surface area contributed by atoms with E-state index in [-0.39, 0.29) is 11.1 Å². The molecule has 6 heteroatoms. The molecule has 3 rings (SSSR count). The van der Waals surface area contributed by atoms with Crippen molar-refractivity contribution in [1.82, 2.24) is 5.32 Å². The summed E-state index contributed by atoms with van der Waals surface area (Å²) >= 11 is 0.935. The van der Waals surface area contributed by atoms with Gasteiger partial charge < -0.3 is 9.64 Å². The lowest BCUT2D eigenvalue weighted by atomic mass is 10.1. The van der Waals surface area contributed by atoms with E-state index in [1.165, 1.54) is 0 Å². The van der Waals surface area contributed by atoms with Crippen molar-refractivity contribution in [1.29, 1.82) is 0 Å². The van der Waals surface area contributed by atoms with Gasteiger partial charge in [-0.3, -0.25) is 14.9 Å². The molecule has 0 aliphatic carbocycles. The van der Waals surface area contributed by atoms with Gasteiger partial charge in [0.15, 0.2) is 0 Å². The number of hydrogen-bond donors (Lipinski definition) is 1. The van der Waals surface area contributed by atoms with Crippen LogP contribution in [0, 0.1) is 0 Å². The van der Waals surface area contributed by atoms with E-state index < -0.39 is 0 Å². The molecule has 0 bridgehead atoms. The zero-order valence-electron chi connectivity index (χ0n) is 11.7. The van der Waals surface area contributed by atoms with E-state index in [4.69, 9.17) is 4.74 Å². The number of nitrogens with one attached hydrogen (secondary N) is 1. The number of anilines is 1. The first-order valence-corrected chi connectivity index (χ1v) is 7.67. The number of carbonyl (C=O) groups is 2. The van der Waals surface area contributed by atoms with Crippen LogP contribution in [0.1, 0.15) is 18.4 Å². The molecule has 0 aromatic heterocycles. The standard InChI is InChI=1S/C15H16N2O3S/c1-20-11-6-4-5-10(13(11)17-7-2-3-8-17)9-12-14(18)16-15(19)21-12/h4-6,9H,2-3,7-8H2,1H3,(H,16,18,19)/b12-9-. The van der Waals surface area contributed by atoms with Crippen LogP contribution in [0.3, 0.4) is 0 Å². The summed E-state index contributed by atoms with van der Waals surface area (Å²) < 4.78 is 5.47. The molecular weight excluding hydrogens is 288 g/mol. The van der Waals surface area contributed by atoms with Crippen molar-refractivity contribution in [3.63, 3.8) is 0 Å². The average molecular weight is 304 g/mol. The number of ether oxygens (including phenoxy) is 1. The quantitative estimate of drug-likeness (QED) is 0.870. The van der Waals surface area contributed by atoms with Crippen molar-refractivity contribution < 1.29 is 14.3 Å². The Morgan fingerprint density at radius 3 is 2.67 bits per heavy atom. The lowest BCUT2D eigenvalue weighted by Gasteiger charge is -2.23. The zero-order valence-corrected chi connectivity index (χ0v) is 12.5. The van der Waals surface area contributed by atoms with Crippen LogP contribution in [0.5, 0.6) is 5.75 Å². The third kappa shape index (κ3) is 2.76. The molecule has 1 aromatic carbocycles. The van der Waals surface area contributed by atoms with Crippen LogP contribution in [0.2, 0.25) is 0 Å². The van der Waals surface area contributed by atoms with Gasteiger partial charge in [0.05, 0.1) is 17.7 Å². The van der Waals surface area contributed by atoms with Crippen LogP contribution in [-0.2, 0) is 4.79 Å². The van der Waals surface area contributed by atoms with E-state index in [1.54, 1.807) is 13.2 Å². The van der Waals surface area contributed by atoms with Gasteiger partial charge in [-0.15, -0.1) is 0 Å². The Hall–Kier alpha value is -1.95. The fourth-order valence-electron chi connectivity index (χ4n) is 2.66. The minimum atomic E-state index is -0.333. The van der Waals surface area contributed by atoms with Gasteiger partial charge in [-0.25, -0.2) is 0 Å². The molecule has 110 valence electrons. The highest BCUT2D eigenvalue weighted by atomic mass is 32.2. The normalized spacial score (nSPS) is 20.2. The van der Waals surface area contributed by atoms with Crippen molar-refractivity contribution in [2.24, 2.45) is 0 Å². The van der Waals surface area contributed by atoms with E-state index >= 15 is 0 Å². The van der Waals surface area contributed by atoms with Gasteiger partial charge in [0.1, 0.15) is 5.75 Å². The predicted molar refractivity (Wildman–Crippen MR) is 83.5 cm³/mol. The minimum absolute atomic E-state index is 0.322. The van der Waals surface area contributed by atoms with Gasteiger partial charge in [0.25, 0.3) is 11.1 Å². The summed E-state index contributed by atoms with van der Waals surface area (Å²) in [6, 6.07) is 5.76. The molecule has 0 radical (unpaired) electrons. The number of thioether (sulfide) groups is 1. The monoisotopic (exact) mass is 304 g/mol. The number of benzene rings is 1. The highest BCUT2D eigenvalue weighted by Gasteiger charge is 2.26. The second-order valence-corrected chi connectivity index (χ2v) is 5.96. The summed E-state index contributed by atoms with van der Waals surface area (Å²) in [4.78, 5) is 25.7. The third-order valence-electron chi connectivity index (χ3n) is 3.60. The number of para-hydroxylation sites is 1. The molecule has 2 aliphatic heterocycles. The van der Waals surface area contributed by atoms with Crippen molar-refractivity contribution in [3.8, 4) is 5.75 Å². The number of methoxy groups -OCH3 is 1. The fraction of sp³-hybridized carbons (Fsp3) is 0.333. The molecule has 21 heavy (non-hydrogen) atoms. The van der Waals surface area contributed by atoms with Gasteiger partial charge in [-0.05, 0) is 36.7 Å². The van der Waals surface area contributed by atoms with Crippen molar-refractivity contribution in [2.75, 3.05) is 25.1 Å². The van der Waals surface area contributed by atoms with Crippen LogP contribution in [0.15, 0.2) is 23.1 Å². The first-order valence-electron chi connectivity index (χ1n) is 6.86. The first kappa shape index (κ1) is 14.0. The van der Waals surface area contributed by atoms with Gasteiger partial charge >= 0.3 is 0 Å². The number of nitrogens with zero attached hydrogens (tertiary/aromatic N) is 1. The number of amides is 2. The minimum Gasteiger partial charge on any atom is -0.495 e. The fourth-order valence-corrected chi connectivity index (χ4v) is 3.34. The van der Waals surface area contributed by atoms with E-state index in [0.717, 1.165) is 54.7 Å². The second-order valence-electron chi connectivity index (χ2n) is 4.94. The summed E-state index contributed by atoms with van der Waals surface area (Å²) in [5.41, 5.74) is 1.90. The average Bonchev–Trinajstić information content (AvgIpc) is 3.09. The summed E-state index contributed by atoms with van der Waals surface area (Å²) in [5.74, 6) is 0.459. The molecule has 2 aliphatic rings. The maximum absolute atomic E-state index is 11.7. The predicted octanol–water partition coefficient (Wildman–Crippen LogP) is 2.62. The molecule has 0 unspecified atom stereocenters. The second kappa shape index (κ2) is 5.81. The van der Waals surface area contributed by atoms with Gasteiger partial charge in [0, 0.05) is 18.7 Å². The first-order chi connectivity index (χ1) is 10.2. The Bertz CT molecular complexity index is 621. The number of imide groups is 1. The number of carbonyl (C=O) groups excluding carboxylic acids is 2. The van der Waals surface area contributed by atoms with Gasteiger partial charge in [-0.1, -0.05) is 12.1 Å². The largest absolute Gasteiger partial charge is 0.495 e. The highest BCUT2D eigenvalue weighted by molar-refractivity contribution is 8.18. The van der Waals surface area contributed by atoms with Crippen LogP contribution in [-0.4, -0.2) is 31.3 Å². The molecule has 1 aromatic rings. The molecule has 1 N–H and O–H groups in total. The van der Waals surface area contributed by atoms with Gasteiger partial charge in [0.2, 0.25) is 0 Å². The summed E-state index contributed by atoms with van der Waals surface area (Å²) in [6.07, 6.45) is 4.07. The number of rotatable bonds is 3. The summed E-state index contributed by atoms with van der Waals surface area (Å²) in [7, 11) is 1.65. The molecule has 2 saturated heterocycles. The Labute approximate surface area is 127 Å². The van der Waals surface area contributed by atoms with Crippen LogP contribution < -0.4 is 15.0 Å². The smallest absolute Gasteiger partial charge is 0.290 e. The Kier molecular flexibility index (Phi) is 3.88. The third-order valence-corrected chi connectivity index (χ3v) is 4.41. The Morgan fingerprint density at radius 2 is 2.05 bits per heavy atom. The maximum atomic E-state index is 11.7. The van der Waals surface area contributed by atoms with Crippen LogP contribution in [0.25, 0.3) is 6.08 Å². The topological polar surface area (TPSA) is 58.6 Å². The summed E-state index contributed by atoms with van der Waals surface area (Å²) in [6.45, 7) is 1.96. The molecule has 2 fully saturated rings. The molecular formula is C15H16N2O3S. The van der Waals surface area contributed by atoms with Crippen molar-refractivity contribution in [2.45, 2.75) is 12.8 Å². The van der Waals surface area contributed by atoms with Gasteiger partial charge in [-0.2, -0.15) is 0 Å². The lowest BCUT2D eigenvalue weighted by molar-refractivity contribution is -0.115. The SMILES string of the molecule is COc1cccc(/C=C2\SC(=O)NC2=O)c1N1CCCC1. The molecule has 0 atom stereocenters. The van der Waals surface area contributed by atoms with E-state index in [0.29, 0.717) is 4.91 Å². The van der Waals surface area contributed by atoms with E-state index in [2.05, 4.69) is 10.2 Å². The molecule has 2 amide bonds.